The average molecular weight is 435 g/mol. The van der Waals surface area contributed by atoms with Crippen LogP contribution in [0.25, 0.3) is 28.6 Å². The Hall–Kier alpha value is -4.59. The van der Waals surface area contributed by atoms with Crippen LogP contribution in [0.5, 0.6) is 0 Å². The third-order valence-electron chi connectivity index (χ3n) is 5.18. The van der Waals surface area contributed by atoms with E-state index in [1.165, 1.54) is 0 Å². The van der Waals surface area contributed by atoms with Gasteiger partial charge in [-0.25, -0.2) is 14.6 Å². The van der Waals surface area contributed by atoms with Gasteiger partial charge < -0.3 is 5.32 Å². The number of rotatable bonds is 5. The third-order valence-corrected chi connectivity index (χ3v) is 5.18. The molecule has 33 heavy (non-hydrogen) atoms. The molecule has 2 aromatic carbocycles. The van der Waals surface area contributed by atoms with Crippen molar-refractivity contribution in [2.45, 2.75) is 13.8 Å². The number of hydrogen-bond acceptors (Lipinski definition) is 5. The van der Waals surface area contributed by atoms with E-state index in [0.29, 0.717) is 28.7 Å². The Morgan fingerprint density at radius 3 is 2.48 bits per heavy atom. The van der Waals surface area contributed by atoms with Gasteiger partial charge in [0, 0.05) is 23.0 Å². The average Bonchev–Trinajstić information content (AvgIpc) is 3.46. The number of para-hydroxylation sites is 1. The molecule has 0 bridgehead atoms. The van der Waals surface area contributed by atoms with Gasteiger partial charge in [0.1, 0.15) is 0 Å². The molecule has 0 unspecified atom stereocenters. The number of hydrogen-bond donors (Lipinski definition) is 2. The Bertz CT molecular complexity index is 1420. The van der Waals surface area contributed by atoms with Gasteiger partial charge in [0.15, 0.2) is 17.5 Å². The summed E-state index contributed by atoms with van der Waals surface area (Å²) >= 11 is 0. The van der Waals surface area contributed by atoms with Crippen LogP contribution in [0.4, 0.5) is 5.69 Å². The first-order chi connectivity index (χ1) is 16.1. The molecule has 0 atom stereocenters. The maximum atomic E-state index is 12.9. The summed E-state index contributed by atoms with van der Waals surface area (Å²) in [4.78, 5) is 21.9. The zero-order valence-electron chi connectivity index (χ0n) is 18.1. The summed E-state index contributed by atoms with van der Waals surface area (Å²) in [7, 11) is 0. The van der Waals surface area contributed by atoms with Gasteiger partial charge in [-0.2, -0.15) is 10.2 Å². The summed E-state index contributed by atoms with van der Waals surface area (Å²) in [5.41, 5.74) is 4.62. The summed E-state index contributed by atoms with van der Waals surface area (Å²) in [6.07, 6.45) is 1.55. The second-order valence-corrected chi connectivity index (χ2v) is 7.62. The first-order valence-corrected chi connectivity index (χ1v) is 10.5. The Morgan fingerprint density at radius 1 is 0.970 bits per heavy atom. The van der Waals surface area contributed by atoms with E-state index in [2.05, 4.69) is 30.6 Å². The van der Waals surface area contributed by atoms with Crippen LogP contribution in [-0.4, -0.2) is 35.9 Å². The van der Waals surface area contributed by atoms with E-state index < -0.39 is 0 Å². The molecule has 0 aliphatic rings. The van der Waals surface area contributed by atoms with Crippen molar-refractivity contribution in [2.24, 2.45) is 0 Å². The minimum atomic E-state index is -0.266. The molecule has 5 rings (SSSR count). The molecule has 8 nitrogen and oxygen atoms in total. The lowest BCUT2D eigenvalue weighted by molar-refractivity contribution is 0.102. The van der Waals surface area contributed by atoms with E-state index in [9.17, 15) is 4.79 Å². The molecule has 0 spiro atoms. The van der Waals surface area contributed by atoms with Crippen molar-refractivity contribution < 1.29 is 4.79 Å². The van der Waals surface area contributed by atoms with Crippen molar-refractivity contribution in [1.29, 1.82) is 0 Å². The number of aromatic amines is 1. The normalized spacial score (nSPS) is 10.8. The van der Waals surface area contributed by atoms with Gasteiger partial charge in [-0.3, -0.25) is 9.89 Å². The fourth-order valence-electron chi connectivity index (χ4n) is 3.60. The van der Waals surface area contributed by atoms with Crippen molar-refractivity contribution in [3.8, 4) is 28.6 Å². The van der Waals surface area contributed by atoms with Crippen LogP contribution in [0.2, 0.25) is 0 Å². The number of anilines is 1. The van der Waals surface area contributed by atoms with Crippen molar-refractivity contribution >= 4 is 11.6 Å². The zero-order valence-corrected chi connectivity index (χ0v) is 18.1. The van der Waals surface area contributed by atoms with E-state index in [-0.39, 0.29) is 5.91 Å². The number of aryl methyl sites for hydroxylation is 2. The number of H-pyrrole nitrogens is 1. The third kappa shape index (κ3) is 4.14. The summed E-state index contributed by atoms with van der Waals surface area (Å²) in [6.45, 7) is 3.89. The molecule has 0 saturated carbocycles. The minimum Gasteiger partial charge on any atom is -0.321 e. The number of aromatic nitrogens is 6. The minimum absolute atomic E-state index is 0.266. The highest BCUT2D eigenvalue weighted by atomic mass is 16.1. The van der Waals surface area contributed by atoms with Crippen molar-refractivity contribution in [1.82, 2.24) is 29.9 Å². The van der Waals surface area contributed by atoms with Crippen LogP contribution in [0.3, 0.4) is 0 Å². The van der Waals surface area contributed by atoms with Gasteiger partial charge in [-0.1, -0.05) is 42.5 Å². The van der Waals surface area contributed by atoms with Crippen molar-refractivity contribution in [2.75, 3.05) is 5.32 Å². The van der Waals surface area contributed by atoms with Gasteiger partial charge in [-0.15, -0.1) is 0 Å². The Kier molecular flexibility index (Phi) is 5.24. The second kappa shape index (κ2) is 8.51. The van der Waals surface area contributed by atoms with E-state index in [1.807, 2.05) is 74.5 Å². The molecule has 5 aromatic rings. The molecular formula is C25H21N7O. The van der Waals surface area contributed by atoms with Crippen LogP contribution in [-0.2, 0) is 0 Å². The molecule has 0 saturated heterocycles. The predicted molar refractivity (Wildman–Crippen MR) is 126 cm³/mol. The summed E-state index contributed by atoms with van der Waals surface area (Å²) in [6, 6.07) is 22.7. The molecule has 0 fully saturated rings. The monoisotopic (exact) mass is 435 g/mol. The number of benzene rings is 2. The summed E-state index contributed by atoms with van der Waals surface area (Å²) in [5.74, 6) is 1.56. The Morgan fingerprint density at radius 2 is 1.76 bits per heavy atom. The van der Waals surface area contributed by atoms with E-state index in [4.69, 9.17) is 0 Å². The molecule has 0 aliphatic carbocycles. The molecule has 1 amide bonds. The second-order valence-electron chi connectivity index (χ2n) is 7.62. The first-order valence-electron chi connectivity index (χ1n) is 10.5. The molecule has 3 heterocycles. The molecule has 0 aliphatic heterocycles. The van der Waals surface area contributed by atoms with Crippen LogP contribution >= 0.6 is 0 Å². The predicted octanol–water partition coefficient (Wildman–Crippen LogP) is 4.59. The van der Waals surface area contributed by atoms with Gasteiger partial charge in [0.2, 0.25) is 0 Å². The molecular weight excluding hydrogens is 414 g/mol. The molecule has 162 valence electrons. The van der Waals surface area contributed by atoms with Crippen LogP contribution in [0.15, 0.2) is 79.0 Å². The number of carbonyl (C=O) groups excluding carboxylic acids is 1. The molecule has 2 N–H and O–H groups in total. The maximum absolute atomic E-state index is 12.9. The molecule has 0 radical (unpaired) electrons. The fraction of sp³-hybridized carbons (Fsp3) is 0.0800. The first kappa shape index (κ1) is 20.3. The molecule has 3 aromatic heterocycles. The number of nitrogens with zero attached hydrogens (tertiary/aromatic N) is 5. The highest BCUT2D eigenvalue weighted by Gasteiger charge is 2.15. The van der Waals surface area contributed by atoms with E-state index >= 15 is 0 Å². The number of nitrogens with one attached hydrogen (secondary N) is 2. The maximum Gasteiger partial charge on any atom is 0.257 e. The number of amides is 1. The number of pyridine rings is 1. The van der Waals surface area contributed by atoms with Gasteiger partial charge >= 0.3 is 0 Å². The summed E-state index contributed by atoms with van der Waals surface area (Å²) < 4.78 is 1.75. The lowest BCUT2D eigenvalue weighted by Gasteiger charge is -2.10. The highest BCUT2D eigenvalue weighted by Crippen LogP contribution is 2.27. The van der Waals surface area contributed by atoms with Crippen LogP contribution in [0.1, 0.15) is 21.7 Å². The topological polar surface area (TPSA) is 101 Å². The smallest absolute Gasteiger partial charge is 0.257 e. The zero-order chi connectivity index (χ0) is 22.8. The standard InChI is InChI=1S/C25H21N7O/c1-16-14-17(2)32(31-16)22-13-12-19(15-26-22)25(33)27-21-11-7-6-10-20(21)24-28-23(29-30-24)18-8-4-3-5-9-18/h3-15H,1-2H3,(H,27,33)(H,28,29,30). The van der Waals surface area contributed by atoms with E-state index in [1.54, 1.807) is 23.0 Å². The lowest BCUT2D eigenvalue weighted by atomic mass is 10.1. The largest absolute Gasteiger partial charge is 0.321 e. The van der Waals surface area contributed by atoms with E-state index in [0.717, 1.165) is 22.5 Å². The van der Waals surface area contributed by atoms with Gasteiger partial charge in [-0.05, 0) is 44.2 Å². The Balaban J connectivity index is 1.38. The van der Waals surface area contributed by atoms with Crippen molar-refractivity contribution in [3.05, 3.63) is 95.9 Å². The quantitative estimate of drug-likeness (QED) is 0.420. The Labute approximate surface area is 190 Å². The summed E-state index contributed by atoms with van der Waals surface area (Å²) in [5, 5.41) is 14.7. The van der Waals surface area contributed by atoms with Crippen LogP contribution in [0, 0.1) is 13.8 Å². The number of carbonyl (C=O) groups is 1. The SMILES string of the molecule is Cc1cc(C)n(-c2ccc(C(=O)Nc3ccccc3-c3nc(-c4ccccc4)n[nH]3)cn2)n1. The van der Waals surface area contributed by atoms with Crippen LogP contribution < -0.4 is 5.32 Å². The van der Waals surface area contributed by atoms with Gasteiger partial charge in [0.25, 0.3) is 5.91 Å². The highest BCUT2D eigenvalue weighted by molar-refractivity contribution is 6.05. The van der Waals surface area contributed by atoms with Crippen molar-refractivity contribution in [3.63, 3.8) is 0 Å². The van der Waals surface area contributed by atoms with Gasteiger partial charge in [0.05, 0.1) is 16.9 Å². The fourth-order valence-corrected chi connectivity index (χ4v) is 3.60. The lowest BCUT2D eigenvalue weighted by Crippen LogP contribution is -2.13. The molecule has 8 heteroatoms.